The van der Waals surface area contributed by atoms with Gasteiger partial charge in [-0.3, -0.25) is 4.79 Å². The van der Waals surface area contributed by atoms with Crippen LogP contribution in [0, 0.1) is 11.3 Å². The molecule has 0 radical (unpaired) electrons. The van der Waals surface area contributed by atoms with E-state index in [1.54, 1.807) is 4.90 Å². The first-order valence-electron chi connectivity index (χ1n) is 7.60. The highest BCUT2D eigenvalue weighted by Crippen LogP contribution is 2.29. The average molecular weight is 285 g/mol. The number of hydrogen-bond donors (Lipinski definition) is 1. The number of rotatable bonds is 5. The van der Waals surface area contributed by atoms with Crippen LogP contribution in [0.15, 0.2) is 30.3 Å². The number of hydrogen-bond acceptors (Lipinski definition) is 3. The van der Waals surface area contributed by atoms with Gasteiger partial charge in [-0.25, -0.2) is 0 Å². The zero-order chi connectivity index (χ0) is 15.1. The highest BCUT2D eigenvalue weighted by atomic mass is 16.2. The summed E-state index contributed by atoms with van der Waals surface area (Å²) in [5.41, 5.74) is 7.02. The van der Waals surface area contributed by atoms with Crippen LogP contribution in [0.5, 0.6) is 0 Å². The lowest BCUT2D eigenvalue weighted by molar-refractivity contribution is -0.132. The van der Waals surface area contributed by atoms with Crippen LogP contribution in [-0.2, 0) is 11.3 Å². The minimum Gasteiger partial charge on any atom is -0.325 e. The highest BCUT2D eigenvalue weighted by Gasteiger charge is 2.31. The fraction of sp³-hybridized carbons (Fsp3) is 0.529. The van der Waals surface area contributed by atoms with Gasteiger partial charge in [0.05, 0.1) is 6.07 Å². The van der Waals surface area contributed by atoms with Gasteiger partial charge in [0.1, 0.15) is 6.54 Å². The largest absolute Gasteiger partial charge is 0.325 e. The molecule has 0 heterocycles. The SMILES string of the molecule is N#CCN(Cc1ccccc1)C(=O)CC1(N)CCCCC1. The second kappa shape index (κ2) is 7.24. The van der Waals surface area contributed by atoms with Crippen molar-refractivity contribution >= 4 is 5.91 Å². The number of amides is 1. The van der Waals surface area contributed by atoms with Gasteiger partial charge in [-0.2, -0.15) is 5.26 Å². The van der Waals surface area contributed by atoms with Crippen LogP contribution >= 0.6 is 0 Å². The van der Waals surface area contributed by atoms with Crippen molar-refractivity contribution < 1.29 is 4.79 Å². The summed E-state index contributed by atoms with van der Waals surface area (Å²) in [4.78, 5) is 14.1. The average Bonchev–Trinajstić information content (AvgIpc) is 2.48. The molecular weight excluding hydrogens is 262 g/mol. The van der Waals surface area contributed by atoms with Gasteiger partial charge < -0.3 is 10.6 Å². The van der Waals surface area contributed by atoms with Gasteiger partial charge in [0.25, 0.3) is 0 Å². The van der Waals surface area contributed by atoms with Gasteiger partial charge in [-0.15, -0.1) is 0 Å². The minimum absolute atomic E-state index is 0.00944. The Labute approximate surface area is 126 Å². The van der Waals surface area contributed by atoms with Crippen molar-refractivity contribution in [3.63, 3.8) is 0 Å². The van der Waals surface area contributed by atoms with E-state index in [2.05, 4.69) is 6.07 Å². The Morgan fingerprint density at radius 1 is 1.24 bits per heavy atom. The summed E-state index contributed by atoms with van der Waals surface area (Å²) in [5, 5.41) is 8.96. The van der Waals surface area contributed by atoms with Gasteiger partial charge in [0.15, 0.2) is 0 Å². The molecule has 0 atom stereocenters. The Bertz CT molecular complexity index is 501. The van der Waals surface area contributed by atoms with Gasteiger partial charge in [0, 0.05) is 18.5 Å². The molecule has 1 saturated carbocycles. The fourth-order valence-electron chi connectivity index (χ4n) is 2.97. The molecule has 2 N–H and O–H groups in total. The number of nitrogens with two attached hydrogens (primary N) is 1. The third-order valence-electron chi connectivity index (χ3n) is 4.18. The van der Waals surface area contributed by atoms with E-state index < -0.39 is 0 Å². The van der Waals surface area contributed by atoms with Gasteiger partial charge in [-0.05, 0) is 18.4 Å². The lowest BCUT2D eigenvalue weighted by Gasteiger charge is -2.34. The summed E-state index contributed by atoms with van der Waals surface area (Å²) >= 11 is 0. The predicted octanol–water partition coefficient (Wildman–Crippen LogP) is 2.59. The van der Waals surface area contributed by atoms with Crippen LogP contribution in [0.2, 0.25) is 0 Å². The van der Waals surface area contributed by atoms with Gasteiger partial charge in [-0.1, -0.05) is 49.6 Å². The molecular formula is C17H23N3O. The molecule has 0 unspecified atom stereocenters. The number of carbonyl (C=O) groups is 1. The van der Waals surface area contributed by atoms with Crippen molar-refractivity contribution in [2.75, 3.05) is 6.54 Å². The summed E-state index contributed by atoms with van der Waals surface area (Å²) in [6.07, 6.45) is 5.57. The van der Waals surface area contributed by atoms with Crippen molar-refractivity contribution in [2.45, 2.75) is 50.6 Å². The summed E-state index contributed by atoms with van der Waals surface area (Å²) < 4.78 is 0. The van der Waals surface area contributed by atoms with Crippen LogP contribution in [0.3, 0.4) is 0 Å². The molecule has 0 aliphatic heterocycles. The van der Waals surface area contributed by atoms with E-state index in [0.29, 0.717) is 13.0 Å². The number of benzene rings is 1. The van der Waals surface area contributed by atoms with E-state index in [-0.39, 0.29) is 18.0 Å². The molecule has 1 fully saturated rings. The molecule has 0 aromatic heterocycles. The second-order valence-corrected chi connectivity index (χ2v) is 5.99. The highest BCUT2D eigenvalue weighted by molar-refractivity contribution is 5.77. The summed E-state index contributed by atoms with van der Waals surface area (Å²) in [7, 11) is 0. The third kappa shape index (κ3) is 4.57. The molecule has 0 bridgehead atoms. The maximum absolute atomic E-state index is 12.5. The van der Waals surface area contributed by atoms with Gasteiger partial charge >= 0.3 is 0 Å². The Kier molecular flexibility index (Phi) is 5.35. The van der Waals surface area contributed by atoms with Crippen molar-refractivity contribution in [3.8, 4) is 6.07 Å². The Morgan fingerprint density at radius 3 is 2.52 bits per heavy atom. The Hall–Kier alpha value is -1.86. The van der Waals surface area contributed by atoms with Crippen molar-refractivity contribution in [2.24, 2.45) is 5.73 Å². The summed E-state index contributed by atoms with van der Waals surface area (Å²) in [6.45, 7) is 0.590. The molecule has 4 nitrogen and oxygen atoms in total. The number of nitrogens with zero attached hydrogens (tertiary/aromatic N) is 2. The van der Waals surface area contributed by atoms with Gasteiger partial charge in [0.2, 0.25) is 5.91 Å². The van der Waals surface area contributed by atoms with E-state index in [9.17, 15) is 4.79 Å². The van der Waals surface area contributed by atoms with Crippen molar-refractivity contribution in [1.82, 2.24) is 4.90 Å². The molecule has 4 heteroatoms. The first-order chi connectivity index (χ1) is 10.1. The standard InChI is InChI=1S/C17H23N3O/c18-11-12-20(14-15-7-3-1-4-8-15)16(21)13-17(19)9-5-2-6-10-17/h1,3-4,7-8H,2,5-6,9-10,12-14,19H2. The zero-order valence-electron chi connectivity index (χ0n) is 12.4. The second-order valence-electron chi connectivity index (χ2n) is 5.99. The van der Waals surface area contributed by atoms with Crippen LogP contribution in [-0.4, -0.2) is 22.9 Å². The van der Waals surface area contributed by atoms with E-state index in [4.69, 9.17) is 11.0 Å². The molecule has 1 aliphatic carbocycles. The Morgan fingerprint density at radius 2 is 1.90 bits per heavy atom. The maximum Gasteiger partial charge on any atom is 0.225 e. The van der Waals surface area contributed by atoms with Crippen LogP contribution < -0.4 is 5.73 Å². The number of carbonyl (C=O) groups excluding carboxylic acids is 1. The smallest absolute Gasteiger partial charge is 0.225 e. The fourth-order valence-corrected chi connectivity index (χ4v) is 2.97. The van der Waals surface area contributed by atoms with Crippen LogP contribution in [0.25, 0.3) is 0 Å². The molecule has 112 valence electrons. The minimum atomic E-state index is -0.375. The van der Waals surface area contributed by atoms with Crippen LogP contribution in [0.1, 0.15) is 44.1 Å². The summed E-state index contributed by atoms with van der Waals surface area (Å²) in [5.74, 6) is -0.00944. The topological polar surface area (TPSA) is 70.1 Å². The molecule has 1 aromatic rings. The molecule has 1 aromatic carbocycles. The predicted molar refractivity (Wildman–Crippen MR) is 82.1 cm³/mol. The Balaban J connectivity index is 2.00. The van der Waals surface area contributed by atoms with Crippen molar-refractivity contribution in [1.29, 1.82) is 5.26 Å². The first-order valence-corrected chi connectivity index (χ1v) is 7.60. The number of nitriles is 1. The molecule has 0 saturated heterocycles. The normalized spacial score (nSPS) is 17.0. The third-order valence-corrected chi connectivity index (χ3v) is 4.18. The molecule has 1 aliphatic rings. The molecule has 21 heavy (non-hydrogen) atoms. The maximum atomic E-state index is 12.5. The molecule has 0 spiro atoms. The van der Waals surface area contributed by atoms with E-state index in [0.717, 1.165) is 31.2 Å². The lowest BCUT2D eigenvalue weighted by Crippen LogP contribution is -2.47. The quantitative estimate of drug-likeness (QED) is 0.845. The molecule has 1 amide bonds. The van der Waals surface area contributed by atoms with Crippen LogP contribution in [0.4, 0.5) is 0 Å². The molecule has 2 rings (SSSR count). The first kappa shape index (κ1) is 15.5. The summed E-state index contributed by atoms with van der Waals surface area (Å²) in [6, 6.07) is 11.8. The van der Waals surface area contributed by atoms with Crippen molar-refractivity contribution in [3.05, 3.63) is 35.9 Å². The van der Waals surface area contributed by atoms with E-state index in [1.165, 1.54) is 6.42 Å². The monoisotopic (exact) mass is 285 g/mol. The lowest BCUT2D eigenvalue weighted by atomic mass is 9.80. The van der Waals surface area contributed by atoms with E-state index >= 15 is 0 Å². The van der Waals surface area contributed by atoms with E-state index in [1.807, 2.05) is 30.3 Å². The zero-order valence-corrected chi connectivity index (χ0v) is 12.4.